The fraction of sp³-hybridized carbons (Fsp3) is 0.250. The molecule has 74 valence electrons. The number of hydrogen-bond donors (Lipinski definition) is 0. The predicted molar refractivity (Wildman–Crippen MR) is 44.0 cm³/mol. The van der Waals surface area contributed by atoms with Gasteiger partial charge in [0.05, 0.1) is 0 Å². The molecule has 0 radical (unpaired) electrons. The fourth-order valence-electron chi connectivity index (χ4n) is 0.974. The summed E-state index contributed by atoms with van der Waals surface area (Å²) in [7, 11) is 0. The summed E-state index contributed by atoms with van der Waals surface area (Å²) in [5.41, 5.74) is 7.94. The zero-order valence-corrected chi connectivity index (χ0v) is 7.04. The maximum absolute atomic E-state index is 12.9. The highest BCUT2D eigenvalue weighted by Crippen LogP contribution is 2.15. The van der Waals surface area contributed by atoms with E-state index < -0.39 is 17.5 Å². The Bertz CT molecular complexity index is 386. The molecule has 14 heavy (non-hydrogen) atoms. The maximum Gasteiger partial charge on any atom is 0.194 e. The van der Waals surface area contributed by atoms with Crippen LogP contribution in [0, 0.1) is 17.5 Å². The summed E-state index contributed by atoms with van der Waals surface area (Å²) in [5, 5.41) is 3.16. The minimum absolute atomic E-state index is 0.00343. The lowest BCUT2D eigenvalue weighted by Crippen LogP contribution is -1.99. The van der Waals surface area contributed by atoms with Crippen LogP contribution in [0.5, 0.6) is 0 Å². The van der Waals surface area contributed by atoms with Crippen molar-refractivity contribution in [2.24, 2.45) is 5.11 Å². The van der Waals surface area contributed by atoms with Crippen LogP contribution >= 0.6 is 0 Å². The highest BCUT2D eigenvalue weighted by atomic mass is 19.2. The third-order valence-electron chi connectivity index (χ3n) is 1.66. The van der Waals surface area contributed by atoms with E-state index in [9.17, 15) is 13.2 Å². The Balaban J connectivity index is 2.88. The first-order chi connectivity index (χ1) is 6.66. The lowest BCUT2D eigenvalue weighted by Gasteiger charge is -2.01. The Hall–Kier alpha value is -1.68. The first-order valence-electron chi connectivity index (χ1n) is 3.80. The van der Waals surface area contributed by atoms with Gasteiger partial charge < -0.3 is 0 Å². The Labute approximate surface area is 77.8 Å². The molecule has 0 saturated carbocycles. The normalized spacial score (nSPS) is 9.64. The summed E-state index contributed by atoms with van der Waals surface area (Å²) in [5.74, 6) is -3.95. The molecule has 0 aliphatic rings. The van der Waals surface area contributed by atoms with Crippen molar-refractivity contribution in [2.75, 3.05) is 6.54 Å². The summed E-state index contributed by atoms with van der Waals surface area (Å²) in [6, 6.07) is 1.96. The van der Waals surface area contributed by atoms with Crippen molar-refractivity contribution in [3.8, 4) is 0 Å². The van der Waals surface area contributed by atoms with E-state index in [0.717, 1.165) is 12.1 Å². The third kappa shape index (κ3) is 2.17. The minimum atomic E-state index is -1.50. The van der Waals surface area contributed by atoms with Crippen LogP contribution < -0.4 is 0 Å². The van der Waals surface area contributed by atoms with Gasteiger partial charge in [-0.05, 0) is 23.6 Å². The van der Waals surface area contributed by atoms with E-state index in [1.807, 2.05) is 0 Å². The van der Waals surface area contributed by atoms with Gasteiger partial charge in [0.1, 0.15) is 0 Å². The average molecular weight is 201 g/mol. The molecule has 0 fully saturated rings. The largest absolute Gasteiger partial charge is 0.204 e. The lowest BCUT2D eigenvalue weighted by atomic mass is 10.1. The molecule has 1 aromatic carbocycles. The number of rotatable bonds is 3. The van der Waals surface area contributed by atoms with Crippen molar-refractivity contribution in [1.29, 1.82) is 0 Å². The van der Waals surface area contributed by atoms with E-state index in [1.54, 1.807) is 0 Å². The van der Waals surface area contributed by atoms with E-state index in [-0.39, 0.29) is 18.5 Å². The molecule has 6 heteroatoms. The Morgan fingerprint density at radius 1 is 1.21 bits per heavy atom. The molecule has 0 aliphatic heterocycles. The molecule has 1 aromatic rings. The molecule has 1 rings (SSSR count). The summed E-state index contributed by atoms with van der Waals surface area (Å²) >= 11 is 0. The van der Waals surface area contributed by atoms with Gasteiger partial charge in [-0.15, -0.1) is 0 Å². The fourth-order valence-corrected chi connectivity index (χ4v) is 0.974. The van der Waals surface area contributed by atoms with Crippen LogP contribution in [0.15, 0.2) is 17.2 Å². The molecular weight excluding hydrogens is 195 g/mol. The molecule has 0 atom stereocenters. The molecule has 0 N–H and O–H groups in total. The van der Waals surface area contributed by atoms with Gasteiger partial charge in [-0.2, -0.15) is 0 Å². The maximum atomic E-state index is 12.9. The van der Waals surface area contributed by atoms with E-state index in [2.05, 4.69) is 10.0 Å². The lowest BCUT2D eigenvalue weighted by molar-refractivity contribution is 0.441. The van der Waals surface area contributed by atoms with Crippen molar-refractivity contribution in [3.63, 3.8) is 0 Å². The van der Waals surface area contributed by atoms with E-state index in [4.69, 9.17) is 5.53 Å². The topological polar surface area (TPSA) is 48.8 Å². The quantitative estimate of drug-likeness (QED) is 0.312. The molecule has 0 saturated heterocycles. The molecular formula is C8H6F3N3. The minimum Gasteiger partial charge on any atom is -0.204 e. The van der Waals surface area contributed by atoms with Crippen molar-refractivity contribution in [3.05, 3.63) is 45.6 Å². The van der Waals surface area contributed by atoms with Crippen LogP contribution in [0.25, 0.3) is 10.4 Å². The Morgan fingerprint density at radius 3 is 2.57 bits per heavy atom. The summed E-state index contributed by atoms with van der Waals surface area (Å²) in [6.07, 6.45) is 0.0487. The van der Waals surface area contributed by atoms with E-state index in [0.29, 0.717) is 0 Å². The zero-order valence-electron chi connectivity index (χ0n) is 7.04. The molecule has 0 spiro atoms. The molecule has 0 amide bonds. The predicted octanol–water partition coefficient (Wildman–Crippen LogP) is 2.96. The number of azide groups is 1. The summed E-state index contributed by atoms with van der Waals surface area (Å²) < 4.78 is 38.0. The smallest absolute Gasteiger partial charge is 0.194 e. The Kier molecular flexibility index (Phi) is 3.36. The van der Waals surface area contributed by atoms with Gasteiger partial charge in [-0.1, -0.05) is 11.2 Å². The molecule has 0 unspecified atom stereocenters. The second kappa shape index (κ2) is 4.53. The number of halogens is 3. The van der Waals surface area contributed by atoms with E-state index >= 15 is 0 Å². The third-order valence-corrected chi connectivity index (χ3v) is 1.66. The Morgan fingerprint density at radius 2 is 1.93 bits per heavy atom. The van der Waals surface area contributed by atoms with Gasteiger partial charge >= 0.3 is 0 Å². The molecule has 0 bridgehead atoms. The molecule has 0 aromatic heterocycles. The van der Waals surface area contributed by atoms with Gasteiger partial charge in [0.25, 0.3) is 0 Å². The van der Waals surface area contributed by atoms with Gasteiger partial charge in [-0.25, -0.2) is 13.2 Å². The molecule has 0 heterocycles. The first kappa shape index (κ1) is 10.4. The van der Waals surface area contributed by atoms with Crippen molar-refractivity contribution in [1.82, 2.24) is 0 Å². The van der Waals surface area contributed by atoms with Crippen LogP contribution in [0.3, 0.4) is 0 Å². The van der Waals surface area contributed by atoms with Crippen LogP contribution in [0.4, 0.5) is 13.2 Å². The van der Waals surface area contributed by atoms with Crippen LogP contribution in [-0.4, -0.2) is 6.54 Å². The number of hydrogen-bond acceptors (Lipinski definition) is 1. The number of nitrogens with zero attached hydrogens (tertiary/aromatic N) is 3. The summed E-state index contributed by atoms with van der Waals surface area (Å²) in [4.78, 5) is 2.46. The van der Waals surface area contributed by atoms with E-state index in [1.165, 1.54) is 0 Å². The van der Waals surface area contributed by atoms with Crippen LogP contribution in [0.1, 0.15) is 5.56 Å². The zero-order chi connectivity index (χ0) is 10.6. The standard InChI is InChI=1S/C8H6F3N3/c9-6-2-1-5(3-4-13-14-12)7(10)8(6)11/h1-2H,3-4H2. The average Bonchev–Trinajstić information content (AvgIpc) is 2.18. The van der Waals surface area contributed by atoms with Gasteiger partial charge in [-0.3, -0.25) is 0 Å². The van der Waals surface area contributed by atoms with Crippen LogP contribution in [-0.2, 0) is 6.42 Å². The molecule has 0 aliphatic carbocycles. The SMILES string of the molecule is [N-]=[N+]=NCCc1ccc(F)c(F)c1F. The van der Waals surface area contributed by atoms with Crippen LogP contribution in [0.2, 0.25) is 0 Å². The van der Waals surface area contributed by atoms with Crippen molar-refractivity contribution < 1.29 is 13.2 Å². The molecule has 3 nitrogen and oxygen atoms in total. The van der Waals surface area contributed by atoms with Gasteiger partial charge in [0, 0.05) is 11.5 Å². The van der Waals surface area contributed by atoms with Gasteiger partial charge in [0.2, 0.25) is 0 Å². The number of benzene rings is 1. The first-order valence-corrected chi connectivity index (χ1v) is 3.80. The van der Waals surface area contributed by atoms with Crippen molar-refractivity contribution in [2.45, 2.75) is 6.42 Å². The monoisotopic (exact) mass is 201 g/mol. The second-order valence-electron chi connectivity index (χ2n) is 2.54. The van der Waals surface area contributed by atoms with Gasteiger partial charge in [0.15, 0.2) is 17.5 Å². The summed E-state index contributed by atoms with van der Waals surface area (Å²) in [6.45, 7) is 0.0124. The highest BCUT2D eigenvalue weighted by molar-refractivity contribution is 5.20. The second-order valence-corrected chi connectivity index (χ2v) is 2.54. The van der Waals surface area contributed by atoms with Crippen molar-refractivity contribution >= 4 is 0 Å². The highest BCUT2D eigenvalue weighted by Gasteiger charge is 2.12.